The molecule has 9 heteroatoms. The molecule has 0 spiro atoms. The quantitative estimate of drug-likeness (QED) is 0.652. The zero-order valence-corrected chi connectivity index (χ0v) is 11.0. The molecule has 9 nitrogen and oxygen atoms in total. The molecule has 0 aromatic carbocycles. The minimum absolute atomic E-state index is 0.245. The molecule has 0 saturated heterocycles. The smallest absolute Gasteiger partial charge is 0.274 e. The maximum absolute atomic E-state index is 11.8. The molecular weight excluding hydrogens is 262 g/mol. The molecule has 0 aliphatic carbocycles. The summed E-state index contributed by atoms with van der Waals surface area (Å²) in [6, 6.07) is 1.40. The first-order chi connectivity index (χ1) is 9.43. The average molecular weight is 275 g/mol. The highest BCUT2D eigenvalue weighted by Crippen LogP contribution is 2.15. The van der Waals surface area contributed by atoms with Crippen LogP contribution in [-0.4, -0.2) is 39.7 Å². The number of nitrogens with one attached hydrogen (secondary N) is 1. The largest absolute Gasteiger partial charge is 0.384 e. The Morgan fingerprint density at radius 1 is 1.45 bits per heavy atom. The van der Waals surface area contributed by atoms with Gasteiger partial charge in [-0.25, -0.2) is 14.6 Å². The second-order valence-corrected chi connectivity index (χ2v) is 4.97. The van der Waals surface area contributed by atoms with Gasteiger partial charge in [-0.2, -0.15) is 4.52 Å². The first kappa shape index (κ1) is 12.5. The van der Waals surface area contributed by atoms with Crippen LogP contribution in [0, 0.1) is 0 Å². The van der Waals surface area contributed by atoms with Gasteiger partial charge in [0.1, 0.15) is 17.6 Å². The zero-order chi connectivity index (χ0) is 14.3. The number of H-pyrrole nitrogens is 1. The molecule has 0 saturated carbocycles. The Balaban J connectivity index is 1.93. The Bertz CT molecular complexity index is 808. The van der Waals surface area contributed by atoms with Crippen molar-refractivity contribution in [2.75, 3.05) is 0 Å². The van der Waals surface area contributed by atoms with E-state index in [1.165, 1.54) is 21.6 Å². The SMILES string of the molecule is CC(C)(O)c1cn(Cc2cc(=O)n3[nH]cnc3n2)nn1. The Hall–Kier alpha value is -2.55. The summed E-state index contributed by atoms with van der Waals surface area (Å²) < 4.78 is 2.76. The van der Waals surface area contributed by atoms with Crippen LogP contribution >= 0.6 is 0 Å². The summed E-state index contributed by atoms with van der Waals surface area (Å²) in [6.07, 6.45) is 3.02. The standard InChI is InChI=1S/C11H13N7O2/c1-11(2,20)8-5-17(16-15-8)4-7-3-9(19)18-10(14-7)12-6-13-18/h3,5-6,20H,4H2,1-2H3,(H,12,13,14). The fraction of sp³-hybridized carbons (Fsp3) is 0.364. The number of nitrogens with zero attached hydrogens (tertiary/aromatic N) is 6. The second-order valence-electron chi connectivity index (χ2n) is 4.97. The molecule has 0 amide bonds. The summed E-state index contributed by atoms with van der Waals surface area (Å²) in [5, 5.41) is 20.3. The molecule has 0 atom stereocenters. The number of aromatic amines is 1. The second kappa shape index (κ2) is 4.23. The Morgan fingerprint density at radius 2 is 2.25 bits per heavy atom. The molecule has 0 aliphatic rings. The van der Waals surface area contributed by atoms with Gasteiger partial charge in [0.15, 0.2) is 0 Å². The molecule has 3 aromatic rings. The van der Waals surface area contributed by atoms with E-state index >= 15 is 0 Å². The first-order valence-corrected chi connectivity index (χ1v) is 5.98. The van der Waals surface area contributed by atoms with Crippen molar-refractivity contribution in [3.05, 3.63) is 40.3 Å². The van der Waals surface area contributed by atoms with Crippen molar-refractivity contribution in [1.82, 2.24) is 34.6 Å². The van der Waals surface area contributed by atoms with Crippen LogP contribution in [0.15, 0.2) is 23.4 Å². The molecule has 3 heterocycles. The molecular formula is C11H13N7O2. The van der Waals surface area contributed by atoms with Crippen LogP contribution in [-0.2, 0) is 12.1 Å². The van der Waals surface area contributed by atoms with E-state index in [1.54, 1.807) is 20.0 Å². The van der Waals surface area contributed by atoms with Gasteiger partial charge >= 0.3 is 0 Å². The summed E-state index contributed by atoms with van der Waals surface area (Å²) in [6.45, 7) is 3.53. The van der Waals surface area contributed by atoms with E-state index < -0.39 is 5.60 Å². The third-order valence-electron chi connectivity index (χ3n) is 2.81. The molecule has 104 valence electrons. The van der Waals surface area contributed by atoms with E-state index in [4.69, 9.17) is 0 Å². The fourth-order valence-electron chi connectivity index (χ4n) is 1.77. The zero-order valence-electron chi connectivity index (χ0n) is 11.0. The number of aromatic nitrogens is 7. The highest BCUT2D eigenvalue weighted by atomic mass is 16.3. The van der Waals surface area contributed by atoms with E-state index in [0.717, 1.165) is 0 Å². The van der Waals surface area contributed by atoms with Crippen LogP contribution in [0.25, 0.3) is 5.78 Å². The van der Waals surface area contributed by atoms with Crippen molar-refractivity contribution in [1.29, 1.82) is 0 Å². The van der Waals surface area contributed by atoms with Gasteiger partial charge in [0.2, 0.25) is 0 Å². The van der Waals surface area contributed by atoms with E-state index in [9.17, 15) is 9.90 Å². The van der Waals surface area contributed by atoms with Gasteiger partial charge in [0, 0.05) is 6.07 Å². The van der Waals surface area contributed by atoms with Crippen LogP contribution in [0.3, 0.4) is 0 Å². The maximum Gasteiger partial charge on any atom is 0.274 e. The molecule has 3 aromatic heterocycles. The van der Waals surface area contributed by atoms with Crippen LogP contribution in [0.2, 0.25) is 0 Å². The Labute approximate surface area is 112 Å². The number of rotatable bonds is 3. The number of hydrogen-bond donors (Lipinski definition) is 2. The molecule has 3 rings (SSSR count). The van der Waals surface area contributed by atoms with Gasteiger partial charge < -0.3 is 5.11 Å². The summed E-state index contributed by atoms with van der Waals surface area (Å²) >= 11 is 0. The van der Waals surface area contributed by atoms with Gasteiger partial charge in [0.25, 0.3) is 11.3 Å². The monoisotopic (exact) mass is 275 g/mol. The summed E-state index contributed by atoms with van der Waals surface area (Å²) in [5.74, 6) is 0.301. The van der Waals surface area contributed by atoms with Crippen LogP contribution in [0.1, 0.15) is 25.2 Å². The van der Waals surface area contributed by atoms with Crippen LogP contribution < -0.4 is 5.56 Å². The Morgan fingerprint density at radius 3 is 2.95 bits per heavy atom. The normalized spacial score (nSPS) is 12.2. The lowest BCUT2D eigenvalue weighted by atomic mass is 10.1. The summed E-state index contributed by atoms with van der Waals surface area (Å²) in [5.41, 5.74) is -0.327. The molecule has 0 fully saturated rings. The van der Waals surface area contributed by atoms with E-state index in [-0.39, 0.29) is 12.1 Å². The van der Waals surface area contributed by atoms with Crippen molar-refractivity contribution in [3.8, 4) is 0 Å². The average Bonchev–Trinajstić information content (AvgIpc) is 2.96. The van der Waals surface area contributed by atoms with Crippen molar-refractivity contribution in [2.45, 2.75) is 26.0 Å². The van der Waals surface area contributed by atoms with E-state index in [2.05, 4.69) is 25.4 Å². The molecule has 2 N–H and O–H groups in total. The molecule has 0 aliphatic heterocycles. The van der Waals surface area contributed by atoms with Crippen molar-refractivity contribution >= 4 is 5.78 Å². The van der Waals surface area contributed by atoms with Crippen molar-refractivity contribution < 1.29 is 5.11 Å². The van der Waals surface area contributed by atoms with E-state index in [1.807, 2.05) is 0 Å². The minimum atomic E-state index is -1.06. The topological polar surface area (TPSA) is 114 Å². The lowest BCUT2D eigenvalue weighted by molar-refractivity contribution is 0.0737. The molecule has 0 bridgehead atoms. The van der Waals surface area contributed by atoms with Gasteiger partial charge in [0.05, 0.1) is 18.4 Å². The third kappa shape index (κ3) is 2.18. The van der Waals surface area contributed by atoms with E-state index in [0.29, 0.717) is 17.2 Å². The van der Waals surface area contributed by atoms with Gasteiger partial charge in [-0.05, 0) is 13.8 Å². The lowest BCUT2D eigenvalue weighted by Crippen LogP contribution is -2.17. The van der Waals surface area contributed by atoms with Gasteiger partial charge in [-0.3, -0.25) is 9.89 Å². The van der Waals surface area contributed by atoms with Crippen LogP contribution in [0.4, 0.5) is 0 Å². The van der Waals surface area contributed by atoms with Crippen LogP contribution in [0.5, 0.6) is 0 Å². The molecule has 0 radical (unpaired) electrons. The molecule has 0 unspecified atom stereocenters. The number of fused-ring (bicyclic) bond motifs is 1. The van der Waals surface area contributed by atoms with Gasteiger partial charge in [-0.15, -0.1) is 5.10 Å². The Kier molecular flexibility index (Phi) is 2.64. The fourth-order valence-corrected chi connectivity index (χ4v) is 1.77. The number of hydrogen-bond acceptors (Lipinski definition) is 6. The van der Waals surface area contributed by atoms with Crippen molar-refractivity contribution in [3.63, 3.8) is 0 Å². The first-order valence-electron chi connectivity index (χ1n) is 5.98. The van der Waals surface area contributed by atoms with Crippen molar-refractivity contribution in [2.24, 2.45) is 0 Å². The number of aliphatic hydroxyl groups is 1. The summed E-state index contributed by atoms with van der Waals surface area (Å²) in [7, 11) is 0. The predicted octanol–water partition coefficient (Wildman–Crippen LogP) is -0.715. The molecule has 20 heavy (non-hydrogen) atoms. The maximum atomic E-state index is 11.8. The third-order valence-corrected chi connectivity index (χ3v) is 2.81. The highest BCUT2D eigenvalue weighted by Gasteiger charge is 2.20. The highest BCUT2D eigenvalue weighted by molar-refractivity contribution is 5.26. The lowest BCUT2D eigenvalue weighted by Gasteiger charge is -2.11. The minimum Gasteiger partial charge on any atom is -0.384 e. The summed E-state index contributed by atoms with van der Waals surface area (Å²) in [4.78, 5) is 20.0. The predicted molar refractivity (Wildman–Crippen MR) is 68.0 cm³/mol. The van der Waals surface area contributed by atoms with Gasteiger partial charge in [-0.1, -0.05) is 5.21 Å².